The SMILES string of the molecule is CCCC/C=C\CCCCCC(CC(=O)NC(CO)C(O)CCCCCCCCCCC)OC(=O)CCCCC/C=C\CCCCCCCCC. The number of rotatable bonds is 39. The summed E-state index contributed by atoms with van der Waals surface area (Å²) in [6, 6.07) is -0.702. The Bertz CT molecular complexity index is 812. The largest absolute Gasteiger partial charge is 0.462 e. The number of unbranched alkanes of at least 4 members (excludes halogenated alkanes) is 23. The molecule has 1 amide bonds. The average molecular weight is 720 g/mol. The Morgan fingerprint density at radius 2 is 0.961 bits per heavy atom. The number of hydrogen-bond donors (Lipinski definition) is 3. The molecule has 300 valence electrons. The Balaban J connectivity index is 4.57. The van der Waals surface area contributed by atoms with Gasteiger partial charge in [-0.2, -0.15) is 0 Å². The summed E-state index contributed by atoms with van der Waals surface area (Å²) >= 11 is 0. The number of aliphatic hydroxyl groups is 2. The van der Waals surface area contributed by atoms with Gasteiger partial charge in [-0.25, -0.2) is 0 Å². The second-order valence-electron chi connectivity index (χ2n) is 15.1. The predicted molar refractivity (Wildman–Crippen MR) is 218 cm³/mol. The van der Waals surface area contributed by atoms with Crippen LogP contribution in [0.3, 0.4) is 0 Å². The van der Waals surface area contributed by atoms with Gasteiger partial charge in [0.05, 0.1) is 25.2 Å². The van der Waals surface area contributed by atoms with Gasteiger partial charge >= 0.3 is 5.97 Å². The smallest absolute Gasteiger partial charge is 0.306 e. The number of carbonyl (C=O) groups excluding carboxylic acids is 2. The Kier molecular flexibility index (Phi) is 38.3. The van der Waals surface area contributed by atoms with Gasteiger partial charge in [0.2, 0.25) is 5.91 Å². The average Bonchev–Trinajstić information content (AvgIpc) is 3.12. The van der Waals surface area contributed by atoms with Crippen molar-refractivity contribution >= 4 is 11.9 Å². The van der Waals surface area contributed by atoms with E-state index in [0.29, 0.717) is 19.3 Å². The van der Waals surface area contributed by atoms with Crippen molar-refractivity contribution in [3.63, 3.8) is 0 Å². The van der Waals surface area contributed by atoms with E-state index in [9.17, 15) is 19.8 Å². The van der Waals surface area contributed by atoms with Gasteiger partial charge in [-0.05, 0) is 70.6 Å². The number of aliphatic hydroxyl groups excluding tert-OH is 2. The highest BCUT2D eigenvalue weighted by atomic mass is 16.5. The molecule has 6 heteroatoms. The summed E-state index contributed by atoms with van der Waals surface area (Å²) in [4.78, 5) is 25.9. The van der Waals surface area contributed by atoms with E-state index in [0.717, 1.165) is 77.0 Å². The molecule has 6 nitrogen and oxygen atoms in total. The van der Waals surface area contributed by atoms with Gasteiger partial charge in [0.1, 0.15) is 6.10 Å². The van der Waals surface area contributed by atoms with E-state index in [-0.39, 0.29) is 24.9 Å². The second kappa shape index (κ2) is 39.5. The highest BCUT2D eigenvalue weighted by Crippen LogP contribution is 2.17. The minimum absolute atomic E-state index is 0.0629. The molecule has 0 rings (SSSR count). The molecule has 0 saturated heterocycles. The molecule has 0 spiro atoms. The van der Waals surface area contributed by atoms with Gasteiger partial charge < -0.3 is 20.3 Å². The molecule has 0 aromatic heterocycles. The van der Waals surface area contributed by atoms with Gasteiger partial charge in [0.25, 0.3) is 0 Å². The van der Waals surface area contributed by atoms with E-state index in [1.165, 1.54) is 103 Å². The van der Waals surface area contributed by atoms with Crippen molar-refractivity contribution in [1.29, 1.82) is 0 Å². The van der Waals surface area contributed by atoms with Crippen LogP contribution in [0.1, 0.15) is 226 Å². The Labute approximate surface area is 316 Å². The molecule has 0 radical (unpaired) electrons. The topological polar surface area (TPSA) is 95.9 Å². The van der Waals surface area contributed by atoms with Crippen LogP contribution in [0.25, 0.3) is 0 Å². The zero-order valence-corrected chi connectivity index (χ0v) is 34.0. The molecule has 0 aliphatic rings. The normalized spacial score (nSPS) is 13.6. The number of carbonyl (C=O) groups is 2. The summed E-state index contributed by atoms with van der Waals surface area (Å²) in [5.74, 6) is -0.509. The Hall–Kier alpha value is -1.66. The molecule has 0 saturated carbocycles. The first kappa shape index (κ1) is 49.3. The summed E-state index contributed by atoms with van der Waals surface area (Å²) < 4.78 is 5.86. The number of ether oxygens (including phenoxy) is 1. The van der Waals surface area contributed by atoms with Crippen LogP contribution in [0.2, 0.25) is 0 Å². The maximum atomic E-state index is 13.0. The van der Waals surface area contributed by atoms with Gasteiger partial charge in [-0.1, -0.05) is 167 Å². The lowest BCUT2D eigenvalue weighted by Gasteiger charge is -2.24. The van der Waals surface area contributed by atoms with E-state index in [1.807, 2.05) is 0 Å². The molecule has 0 aromatic rings. The summed E-state index contributed by atoms with van der Waals surface area (Å²) in [5.41, 5.74) is 0. The maximum Gasteiger partial charge on any atom is 0.306 e. The molecule has 0 fully saturated rings. The first-order valence-corrected chi connectivity index (χ1v) is 22.1. The van der Waals surface area contributed by atoms with Gasteiger partial charge in [-0.3, -0.25) is 9.59 Å². The lowest BCUT2D eigenvalue weighted by Crippen LogP contribution is -2.46. The molecule has 0 heterocycles. The molecular weight excluding hydrogens is 634 g/mol. The first-order valence-electron chi connectivity index (χ1n) is 22.1. The van der Waals surface area contributed by atoms with Gasteiger partial charge in [0.15, 0.2) is 0 Å². The van der Waals surface area contributed by atoms with E-state index >= 15 is 0 Å². The van der Waals surface area contributed by atoms with E-state index < -0.39 is 18.2 Å². The van der Waals surface area contributed by atoms with Gasteiger partial charge in [-0.15, -0.1) is 0 Å². The minimum Gasteiger partial charge on any atom is -0.462 e. The zero-order valence-electron chi connectivity index (χ0n) is 34.0. The third-order valence-electron chi connectivity index (χ3n) is 10.0. The molecule has 3 unspecified atom stereocenters. The van der Waals surface area contributed by atoms with Crippen LogP contribution in [0.5, 0.6) is 0 Å². The van der Waals surface area contributed by atoms with Crippen LogP contribution in [0.15, 0.2) is 24.3 Å². The van der Waals surface area contributed by atoms with Crippen LogP contribution < -0.4 is 5.32 Å². The monoisotopic (exact) mass is 720 g/mol. The van der Waals surface area contributed by atoms with Crippen LogP contribution in [-0.2, 0) is 14.3 Å². The van der Waals surface area contributed by atoms with E-state index in [4.69, 9.17) is 4.74 Å². The highest BCUT2D eigenvalue weighted by Gasteiger charge is 2.24. The van der Waals surface area contributed by atoms with Crippen LogP contribution in [-0.4, -0.2) is 46.9 Å². The quantitative estimate of drug-likeness (QED) is 0.0334. The number of hydrogen-bond acceptors (Lipinski definition) is 5. The number of nitrogens with one attached hydrogen (secondary N) is 1. The fourth-order valence-electron chi connectivity index (χ4n) is 6.58. The fourth-order valence-corrected chi connectivity index (χ4v) is 6.58. The van der Waals surface area contributed by atoms with Crippen LogP contribution >= 0.6 is 0 Å². The van der Waals surface area contributed by atoms with Crippen molar-refractivity contribution in [3.05, 3.63) is 24.3 Å². The van der Waals surface area contributed by atoms with Crippen molar-refractivity contribution in [2.24, 2.45) is 0 Å². The summed E-state index contributed by atoms with van der Waals surface area (Å²) in [5, 5.41) is 23.5. The second-order valence-corrected chi connectivity index (χ2v) is 15.1. The van der Waals surface area contributed by atoms with Crippen LogP contribution in [0.4, 0.5) is 0 Å². The van der Waals surface area contributed by atoms with Crippen molar-refractivity contribution in [3.8, 4) is 0 Å². The first-order chi connectivity index (χ1) is 25.0. The lowest BCUT2D eigenvalue weighted by atomic mass is 10.0. The molecule has 0 aliphatic heterocycles. The van der Waals surface area contributed by atoms with Crippen molar-refractivity contribution in [1.82, 2.24) is 5.32 Å². The van der Waals surface area contributed by atoms with Crippen LogP contribution in [0, 0.1) is 0 Å². The molecule has 3 N–H and O–H groups in total. The van der Waals surface area contributed by atoms with Gasteiger partial charge in [0, 0.05) is 6.42 Å². The molecule has 0 aliphatic carbocycles. The van der Waals surface area contributed by atoms with Crippen molar-refractivity contribution < 1.29 is 24.5 Å². The molecule has 0 aromatic carbocycles. The van der Waals surface area contributed by atoms with E-state index in [2.05, 4.69) is 50.4 Å². The Morgan fingerprint density at radius 1 is 0.549 bits per heavy atom. The fraction of sp³-hybridized carbons (Fsp3) is 0.867. The van der Waals surface area contributed by atoms with Crippen molar-refractivity contribution in [2.45, 2.75) is 244 Å². The number of amides is 1. The Morgan fingerprint density at radius 3 is 1.47 bits per heavy atom. The molecule has 51 heavy (non-hydrogen) atoms. The molecule has 3 atom stereocenters. The highest BCUT2D eigenvalue weighted by molar-refractivity contribution is 5.77. The zero-order chi connectivity index (χ0) is 37.5. The summed E-state index contributed by atoms with van der Waals surface area (Å²) in [6.07, 6.45) is 42.4. The summed E-state index contributed by atoms with van der Waals surface area (Å²) in [7, 11) is 0. The number of esters is 1. The maximum absolute atomic E-state index is 13.0. The van der Waals surface area contributed by atoms with Crippen molar-refractivity contribution in [2.75, 3.05) is 6.61 Å². The molecule has 0 bridgehead atoms. The minimum atomic E-state index is -0.787. The lowest BCUT2D eigenvalue weighted by molar-refractivity contribution is -0.151. The number of allylic oxidation sites excluding steroid dienone is 4. The third kappa shape index (κ3) is 35.2. The third-order valence-corrected chi connectivity index (χ3v) is 10.0. The predicted octanol–water partition coefficient (Wildman–Crippen LogP) is 12.4. The standard InChI is InChI=1S/C45H85NO5/c1-4-7-10-13-16-19-20-21-22-23-26-29-32-35-38-45(50)51-41(36-33-30-27-24-17-14-11-8-5-2)39-44(49)46-42(40-47)43(48)37-34-31-28-25-18-15-12-9-6-3/h14,17,22-23,41-43,47-48H,4-13,15-16,18-21,24-40H2,1-3H3,(H,46,49)/b17-14-,23-22-. The van der Waals surface area contributed by atoms with E-state index in [1.54, 1.807) is 0 Å². The molecular formula is C45H85NO5. The summed E-state index contributed by atoms with van der Waals surface area (Å²) in [6.45, 7) is 6.39.